The molecule has 0 aromatic heterocycles. The highest BCUT2D eigenvalue weighted by Crippen LogP contribution is 2.48. The summed E-state index contributed by atoms with van der Waals surface area (Å²) >= 11 is 0. The van der Waals surface area contributed by atoms with E-state index in [0.717, 1.165) is 18.8 Å². The molecule has 0 radical (unpaired) electrons. The minimum atomic E-state index is 0.217. The molecule has 3 heteroatoms. The van der Waals surface area contributed by atoms with Crippen molar-refractivity contribution in [2.45, 2.75) is 58.4 Å². The minimum Gasteiger partial charge on any atom is -0.496 e. The molecule has 1 unspecified atom stereocenters. The van der Waals surface area contributed by atoms with Crippen LogP contribution in [0.15, 0.2) is 11.8 Å². The number of nitrogens with one attached hydrogen (secondary N) is 1. The molecule has 2 rings (SSSR count). The van der Waals surface area contributed by atoms with Gasteiger partial charge in [-0.15, -0.1) is 0 Å². The van der Waals surface area contributed by atoms with Gasteiger partial charge in [0.05, 0.1) is 12.6 Å². The second-order valence-electron chi connectivity index (χ2n) is 6.01. The zero-order chi connectivity index (χ0) is 12.3. The Morgan fingerprint density at radius 3 is 2.59 bits per heavy atom. The fourth-order valence-electron chi connectivity index (χ4n) is 3.70. The van der Waals surface area contributed by atoms with Gasteiger partial charge in [0.2, 0.25) is 0 Å². The first-order valence-corrected chi connectivity index (χ1v) is 6.97. The van der Waals surface area contributed by atoms with Gasteiger partial charge in [0.25, 0.3) is 0 Å². The second-order valence-corrected chi connectivity index (χ2v) is 6.01. The van der Waals surface area contributed by atoms with Gasteiger partial charge in [-0.1, -0.05) is 26.7 Å². The summed E-state index contributed by atoms with van der Waals surface area (Å²) in [5.74, 6) is 7.63. The fourth-order valence-corrected chi connectivity index (χ4v) is 3.70. The largest absolute Gasteiger partial charge is 0.496 e. The Hall–Kier alpha value is -0.540. The van der Waals surface area contributed by atoms with Crippen LogP contribution in [0.5, 0.6) is 0 Å². The molecule has 0 aromatic carbocycles. The lowest BCUT2D eigenvalue weighted by Gasteiger charge is -2.38. The van der Waals surface area contributed by atoms with Crippen LogP contribution in [0.1, 0.15) is 52.4 Å². The van der Waals surface area contributed by atoms with Crippen LogP contribution in [0, 0.1) is 11.3 Å². The van der Waals surface area contributed by atoms with Crippen LogP contribution in [0.25, 0.3) is 0 Å². The minimum absolute atomic E-state index is 0.217. The molecule has 3 nitrogen and oxygen atoms in total. The van der Waals surface area contributed by atoms with Gasteiger partial charge >= 0.3 is 0 Å². The Morgan fingerprint density at radius 1 is 1.41 bits per heavy atom. The van der Waals surface area contributed by atoms with Crippen LogP contribution in [-0.4, -0.2) is 12.6 Å². The Labute approximate surface area is 105 Å². The lowest BCUT2D eigenvalue weighted by Crippen LogP contribution is -2.49. The van der Waals surface area contributed by atoms with Gasteiger partial charge in [-0.3, -0.25) is 5.84 Å². The van der Waals surface area contributed by atoms with E-state index in [1.165, 1.54) is 32.1 Å². The molecule has 1 aliphatic carbocycles. The van der Waals surface area contributed by atoms with E-state index in [0.29, 0.717) is 11.3 Å². The first-order valence-electron chi connectivity index (χ1n) is 6.97. The lowest BCUT2D eigenvalue weighted by molar-refractivity contribution is 0.117. The highest BCUT2D eigenvalue weighted by atomic mass is 16.5. The van der Waals surface area contributed by atoms with Gasteiger partial charge in [-0.2, -0.15) is 0 Å². The van der Waals surface area contributed by atoms with Crippen molar-refractivity contribution in [1.29, 1.82) is 0 Å². The molecule has 1 heterocycles. The van der Waals surface area contributed by atoms with Crippen LogP contribution in [0.3, 0.4) is 0 Å². The van der Waals surface area contributed by atoms with Crippen LogP contribution < -0.4 is 11.3 Å². The highest BCUT2D eigenvalue weighted by Gasteiger charge is 2.44. The topological polar surface area (TPSA) is 47.3 Å². The normalized spacial score (nSPS) is 24.8. The Morgan fingerprint density at radius 2 is 2.12 bits per heavy atom. The van der Waals surface area contributed by atoms with E-state index in [4.69, 9.17) is 10.6 Å². The molecular weight excluding hydrogens is 212 g/mol. The van der Waals surface area contributed by atoms with E-state index >= 15 is 0 Å². The van der Waals surface area contributed by atoms with Crippen molar-refractivity contribution in [3.05, 3.63) is 11.8 Å². The summed E-state index contributed by atoms with van der Waals surface area (Å²) in [5.41, 5.74) is 3.36. The van der Waals surface area contributed by atoms with Crippen molar-refractivity contribution in [2.75, 3.05) is 6.61 Å². The van der Waals surface area contributed by atoms with Crippen LogP contribution in [0.4, 0.5) is 0 Å². The highest BCUT2D eigenvalue weighted by molar-refractivity contribution is 5.14. The van der Waals surface area contributed by atoms with Crippen LogP contribution in [0.2, 0.25) is 0 Å². The molecule has 0 amide bonds. The van der Waals surface area contributed by atoms with Crippen molar-refractivity contribution >= 4 is 0 Å². The number of hydrogen-bond acceptors (Lipinski definition) is 3. The van der Waals surface area contributed by atoms with E-state index < -0.39 is 0 Å². The Balaban J connectivity index is 2.17. The van der Waals surface area contributed by atoms with Crippen LogP contribution in [-0.2, 0) is 4.74 Å². The van der Waals surface area contributed by atoms with Crippen LogP contribution >= 0.6 is 0 Å². The fraction of sp³-hybridized carbons (Fsp3) is 0.857. The molecule has 1 aliphatic heterocycles. The maximum atomic E-state index is 5.82. The molecule has 1 saturated carbocycles. The summed E-state index contributed by atoms with van der Waals surface area (Å²) in [6.45, 7) is 5.43. The number of hydrogen-bond donors (Lipinski definition) is 2. The Kier molecular flexibility index (Phi) is 4.10. The zero-order valence-corrected chi connectivity index (χ0v) is 11.2. The summed E-state index contributed by atoms with van der Waals surface area (Å²) in [6.07, 6.45) is 9.70. The summed E-state index contributed by atoms with van der Waals surface area (Å²) in [4.78, 5) is 0. The quantitative estimate of drug-likeness (QED) is 0.572. The summed E-state index contributed by atoms with van der Waals surface area (Å²) in [6, 6.07) is 0.217. The van der Waals surface area contributed by atoms with Gasteiger partial charge < -0.3 is 4.74 Å². The third-order valence-electron chi connectivity index (χ3n) is 4.21. The molecule has 0 bridgehead atoms. The molecule has 1 fully saturated rings. The summed E-state index contributed by atoms with van der Waals surface area (Å²) < 4.78 is 5.74. The van der Waals surface area contributed by atoms with Gasteiger partial charge in [0.1, 0.15) is 5.76 Å². The summed E-state index contributed by atoms with van der Waals surface area (Å²) in [7, 11) is 0. The molecule has 0 aromatic rings. The first-order chi connectivity index (χ1) is 8.18. The molecule has 0 spiro atoms. The predicted molar refractivity (Wildman–Crippen MR) is 70.1 cm³/mol. The SMILES string of the molecule is CC(C)CC1(C(NN)C2=CCCO2)CCCC1. The molecule has 98 valence electrons. The third-order valence-corrected chi connectivity index (χ3v) is 4.21. The molecular formula is C14H26N2O. The molecule has 3 N–H and O–H groups in total. The van der Waals surface area contributed by atoms with Gasteiger partial charge in [0.15, 0.2) is 0 Å². The lowest BCUT2D eigenvalue weighted by atomic mass is 9.72. The van der Waals surface area contributed by atoms with Gasteiger partial charge in [0, 0.05) is 6.42 Å². The first kappa shape index (κ1) is 12.9. The maximum Gasteiger partial charge on any atom is 0.111 e. The number of ether oxygens (including phenoxy) is 1. The average molecular weight is 238 g/mol. The number of hydrazine groups is 1. The molecule has 0 saturated heterocycles. The maximum absolute atomic E-state index is 5.82. The standard InChI is InChI=1S/C14H26N2O/c1-11(2)10-14(7-3-4-8-14)13(16-15)12-6-5-9-17-12/h6,11,13,16H,3-5,7-10,15H2,1-2H3. The van der Waals surface area contributed by atoms with Crippen molar-refractivity contribution in [3.8, 4) is 0 Å². The number of nitrogens with two attached hydrogens (primary N) is 1. The van der Waals surface area contributed by atoms with Crippen molar-refractivity contribution in [1.82, 2.24) is 5.43 Å². The number of rotatable bonds is 5. The van der Waals surface area contributed by atoms with Crippen molar-refractivity contribution in [3.63, 3.8) is 0 Å². The van der Waals surface area contributed by atoms with E-state index in [-0.39, 0.29) is 6.04 Å². The predicted octanol–water partition coefficient (Wildman–Crippen LogP) is 2.73. The average Bonchev–Trinajstić information content (AvgIpc) is 2.90. The summed E-state index contributed by atoms with van der Waals surface area (Å²) in [5, 5.41) is 0. The Bertz CT molecular complexity index is 280. The second kappa shape index (κ2) is 5.40. The van der Waals surface area contributed by atoms with Gasteiger partial charge in [-0.25, -0.2) is 5.43 Å². The van der Waals surface area contributed by atoms with E-state index in [1.807, 2.05) is 0 Å². The molecule has 1 atom stereocenters. The van der Waals surface area contributed by atoms with E-state index in [1.54, 1.807) is 0 Å². The van der Waals surface area contributed by atoms with Crippen molar-refractivity contribution in [2.24, 2.45) is 17.2 Å². The van der Waals surface area contributed by atoms with Crippen molar-refractivity contribution < 1.29 is 4.74 Å². The van der Waals surface area contributed by atoms with E-state index in [2.05, 4.69) is 25.3 Å². The third kappa shape index (κ3) is 2.66. The monoisotopic (exact) mass is 238 g/mol. The smallest absolute Gasteiger partial charge is 0.111 e. The molecule has 2 aliphatic rings. The zero-order valence-electron chi connectivity index (χ0n) is 11.2. The molecule has 17 heavy (non-hydrogen) atoms. The van der Waals surface area contributed by atoms with Gasteiger partial charge in [-0.05, 0) is 36.7 Å². The van der Waals surface area contributed by atoms with E-state index in [9.17, 15) is 0 Å².